The monoisotopic (exact) mass is 498 g/mol. The van der Waals surface area contributed by atoms with Crippen LogP contribution < -0.4 is 20.1 Å². The van der Waals surface area contributed by atoms with E-state index in [-0.39, 0.29) is 49.0 Å². The van der Waals surface area contributed by atoms with E-state index in [4.69, 9.17) is 19.6 Å². The maximum absolute atomic E-state index is 13.0. The summed E-state index contributed by atoms with van der Waals surface area (Å²) in [5.74, 6) is -1.18. The highest BCUT2D eigenvalue weighted by molar-refractivity contribution is 5.93. The number of pyridine rings is 1. The number of nitrogen functional groups attached to an aromatic ring is 1. The summed E-state index contributed by atoms with van der Waals surface area (Å²) >= 11 is 0. The van der Waals surface area contributed by atoms with E-state index in [1.165, 1.54) is 6.20 Å². The SMILES string of the molecule is C[C@H](CC(=O)c1cnc(N)o1)c1ccc(OC2CCN(c3ccc(OCC4CC4(F)F)cn3)C2)cc1. The van der Waals surface area contributed by atoms with Gasteiger partial charge in [-0.25, -0.2) is 18.7 Å². The van der Waals surface area contributed by atoms with Gasteiger partial charge in [-0.15, -0.1) is 0 Å². The first kappa shape index (κ1) is 24.0. The summed E-state index contributed by atoms with van der Waals surface area (Å²) in [5, 5.41) is 0. The first-order chi connectivity index (χ1) is 17.3. The van der Waals surface area contributed by atoms with Gasteiger partial charge >= 0.3 is 0 Å². The van der Waals surface area contributed by atoms with Crippen molar-refractivity contribution < 1.29 is 27.5 Å². The average molecular weight is 499 g/mol. The van der Waals surface area contributed by atoms with Crippen LogP contribution in [0, 0.1) is 5.92 Å². The molecule has 5 rings (SSSR count). The molecule has 190 valence electrons. The number of ether oxygens (including phenoxy) is 2. The quantitative estimate of drug-likeness (QED) is 0.401. The first-order valence-corrected chi connectivity index (χ1v) is 12.0. The van der Waals surface area contributed by atoms with Crippen molar-refractivity contribution in [3.8, 4) is 11.5 Å². The molecule has 1 aromatic carbocycles. The molecule has 1 saturated carbocycles. The minimum atomic E-state index is -2.58. The van der Waals surface area contributed by atoms with Crippen LogP contribution in [0.5, 0.6) is 11.5 Å². The molecule has 0 amide bonds. The van der Waals surface area contributed by atoms with Gasteiger partial charge in [0.1, 0.15) is 23.4 Å². The van der Waals surface area contributed by atoms with Gasteiger partial charge in [-0.05, 0) is 35.7 Å². The number of benzene rings is 1. The number of oxazole rings is 1. The molecule has 36 heavy (non-hydrogen) atoms. The van der Waals surface area contributed by atoms with Crippen molar-refractivity contribution in [1.82, 2.24) is 9.97 Å². The summed E-state index contributed by atoms with van der Waals surface area (Å²) in [6.45, 7) is 3.48. The number of rotatable bonds is 10. The van der Waals surface area contributed by atoms with Crippen LogP contribution >= 0.6 is 0 Å². The van der Waals surface area contributed by atoms with Gasteiger partial charge in [-0.1, -0.05) is 19.1 Å². The second-order valence-corrected chi connectivity index (χ2v) is 9.46. The molecule has 2 fully saturated rings. The third-order valence-electron chi connectivity index (χ3n) is 6.64. The molecule has 0 radical (unpaired) electrons. The fourth-order valence-electron chi connectivity index (χ4n) is 4.31. The Labute approximate surface area is 207 Å². The number of hydrogen-bond acceptors (Lipinski definition) is 8. The van der Waals surface area contributed by atoms with Crippen molar-refractivity contribution in [1.29, 1.82) is 0 Å². The topological polar surface area (TPSA) is 104 Å². The number of nitrogens with zero attached hydrogens (tertiary/aromatic N) is 3. The summed E-state index contributed by atoms with van der Waals surface area (Å²) in [6, 6.07) is 11.3. The zero-order valence-electron chi connectivity index (χ0n) is 19.9. The van der Waals surface area contributed by atoms with E-state index in [1.807, 2.05) is 37.3 Å². The van der Waals surface area contributed by atoms with Crippen molar-refractivity contribution in [3.05, 3.63) is 60.1 Å². The van der Waals surface area contributed by atoms with Gasteiger partial charge in [0.25, 0.3) is 11.9 Å². The van der Waals surface area contributed by atoms with Gasteiger partial charge in [0.2, 0.25) is 0 Å². The molecule has 3 atom stereocenters. The van der Waals surface area contributed by atoms with Crippen LogP contribution in [0.2, 0.25) is 0 Å². The highest BCUT2D eigenvalue weighted by Gasteiger charge is 2.57. The van der Waals surface area contributed by atoms with Crippen LogP contribution in [-0.4, -0.2) is 47.5 Å². The second kappa shape index (κ2) is 9.75. The molecule has 2 aromatic heterocycles. The maximum Gasteiger partial charge on any atom is 0.292 e. The number of halogens is 2. The van der Waals surface area contributed by atoms with Gasteiger partial charge < -0.3 is 24.5 Å². The molecule has 2 unspecified atom stereocenters. The lowest BCUT2D eigenvalue weighted by Crippen LogP contribution is -2.25. The number of anilines is 2. The fraction of sp³-hybridized carbons (Fsp3) is 0.423. The molecule has 1 aliphatic carbocycles. The van der Waals surface area contributed by atoms with Crippen molar-refractivity contribution >= 4 is 17.6 Å². The van der Waals surface area contributed by atoms with Gasteiger partial charge in [0, 0.05) is 25.8 Å². The van der Waals surface area contributed by atoms with Crippen LogP contribution in [-0.2, 0) is 0 Å². The minimum Gasteiger partial charge on any atom is -0.491 e. The number of aromatic nitrogens is 2. The highest BCUT2D eigenvalue weighted by Crippen LogP contribution is 2.48. The van der Waals surface area contributed by atoms with Gasteiger partial charge in [0.05, 0.1) is 31.5 Å². The summed E-state index contributed by atoms with van der Waals surface area (Å²) in [6.07, 6.45) is 3.98. The molecule has 3 aromatic rings. The number of alkyl halides is 2. The van der Waals surface area contributed by atoms with Crippen LogP contribution in [0.4, 0.5) is 20.6 Å². The number of ketones is 1. The predicted octanol–water partition coefficient (Wildman–Crippen LogP) is 4.72. The first-order valence-electron chi connectivity index (χ1n) is 12.0. The molecule has 0 bridgehead atoms. The van der Waals surface area contributed by atoms with E-state index in [9.17, 15) is 13.6 Å². The van der Waals surface area contributed by atoms with Crippen LogP contribution in [0.15, 0.2) is 53.2 Å². The van der Waals surface area contributed by atoms with Crippen LogP contribution in [0.3, 0.4) is 0 Å². The second-order valence-electron chi connectivity index (χ2n) is 9.46. The molecule has 1 aliphatic heterocycles. The fourth-order valence-corrected chi connectivity index (χ4v) is 4.31. The largest absolute Gasteiger partial charge is 0.491 e. The molecule has 0 spiro atoms. The molecule has 2 N–H and O–H groups in total. The highest BCUT2D eigenvalue weighted by atomic mass is 19.3. The Hall–Kier alpha value is -3.69. The smallest absolute Gasteiger partial charge is 0.292 e. The number of hydrogen-bond donors (Lipinski definition) is 1. The zero-order valence-corrected chi connectivity index (χ0v) is 19.9. The third-order valence-corrected chi connectivity index (χ3v) is 6.64. The van der Waals surface area contributed by atoms with Crippen LogP contribution in [0.1, 0.15) is 48.2 Å². The number of carbonyl (C=O) groups excluding carboxylic acids is 1. The van der Waals surface area contributed by atoms with Crippen molar-refractivity contribution in [3.63, 3.8) is 0 Å². The number of nitrogens with two attached hydrogens (primary N) is 1. The summed E-state index contributed by atoms with van der Waals surface area (Å²) in [5.41, 5.74) is 6.46. The Morgan fingerprint density at radius 2 is 1.94 bits per heavy atom. The summed E-state index contributed by atoms with van der Waals surface area (Å²) < 4.78 is 42.7. The maximum atomic E-state index is 13.0. The molecule has 8 nitrogen and oxygen atoms in total. The van der Waals surface area contributed by atoms with E-state index >= 15 is 0 Å². The standard InChI is InChI=1S/C26H28F2N4O4/c1-16(10-22(33)23-13-31-25(29)36-23)17-2-4-19(5-3-17)35-21-8-9-32(14-21)24-7-6-20(12-30-24)34-15-18-11-26(18,27)28/h2-7,12-13,16,18,21H,8-11,14-15H2,1H3,(H2,29,31)/t16-,18?,21?/m1/s1. The normalized spacial score (nSPS) is 21.2. The Kier molecular flexibility index (Phi) is 6.51. The van der Waals surface area contributed by atoms with Crippen molar-refractivity contribution in [2.45, 2.75) is 44.1 Å². The third kappa shape index (κ3) is 5.58. The molecular weight excluding hydrogens is 470 g/mol. The molecular formula is C26H28F2N4O4. The Bertz CT molecular complexity index is 1200. The van der Waals surface area contributed by atoms with Crippen molar-refractivity contribution in [2.75, 3.05) is 30.3 Å². The molecule has 2 aliphatic rings. The minimum absolute atomic E-state index is 0.00126. The Balaban J connectivity index is 1.09. The zero-order chi connectivity index (χ0) is 25.3. The van der Waals surface area contributed by atoms with E-state index in [2.05, 4.69) is 14.9 Å². The van der Waals surface area contributed by atoms with E-state index in [1.54, 1.807) is 12.3 Å². The lowest BCUT2D eigenvalue weighted by molar-refractivity contribution is 0.0855. The van der Waals surface area contributed by atoms with Crippen LogP contribution in [0.25, 0.3) is 0 Å². The predicted molar refractivity (Wildman–Crippen MR) is 129 cm³/mol. The lowest BCUT2D eigenvalue weighted by atomic mass is 9.95. The average Bonchev–Trinajstić information content (AvgIpc) is 3.21. The van der Waals surface area contributed by atoms with Gasteiger partial charge in [0.15, 0.2) is 11.5 Å². The number of Topliss-reactive ketones (excluding diaryl/α,β-unsaturated/α-hetero) is 1. The van der Waals surface area contributed by atoms with E-state index < -0.39 is 11.8 Å². The molecule has 1 saturated heterocycles. The van der Waals surface area contributed by atoms with Crippen molar-refractivity contribution in [2.24, 2.45) is 5.92 Å². The molecule has 3 heterocycles. The summed E-state index contributed by atoms with van der Waals surface area (Å²) in [7, 11) is 0. The Morgan fingerprint density at radius 3 is 2.58 bits per heavy atom. The molecule has 10 heteroatoms. The lowest BCUT2D eigenvalue weighted by Gasteiger charge is -2.19. The number of carbonyl (C=O) groups is 1. The van der Waals surface area contributed by atoms with Gasteiger partial charge in [-0.3, -0.25) is 4.79 Å². The Morgan fingerprint density at radius 1 is 1.19 bits per heavy atom. The van der Waals surface area contributed by atoms with E-state index in [0.717, 1.165) is 30.1 Å². The van der Waals surface area contributed by atoms with Gasteiger partial charge in [-0.2, -0.15) is 0 Å². The van der Waals surface area contributed by atoms with E-state index in [0.29, 0.717) is 12.3 Å². The summed E-state index contributed by atoms with van der Waals surface area (Å²) in [4.78, 5) is 22.7.